The second kappa shape index (κ2) is 4.82. The quantitative estimate of drug-likeness (QED) is 0.384. The molecule has 0 spiro atoms. The van der Waals surface area contributed by atoms with Gasteiger partial charge in [0.25, 0.3) is 0 Å². The molecule has 16 heavy (non-hydrogen) atoms. The number of benzene rings is 1. The molecule has 0 saturated carbocycles. The number of aryl methyl sites for hydroxylation is 2. The Morgan fingerprint density at radius 2 is 1.62 bits per heavy atom. The smallest absolute Gasteiger partial charge is 0.418 e. The number of thiazole rings is 1. The summed E-state index contributed by atoms with van der Waals surface area (Å²) in [5.74, 6) is 0. The van der Waals surface area contributed by atoms with Crippen molar-refractivity contribution in [3.05, 3.63) is 29.3 Å². The Hall–Kier alpha value is -1.11. The monoisotopic (exact) mass is 251 g/mol. The van der Waals surface area contributed by atoms with Crippen LogP contribution in [0.1, 0.15) is 5.01 Å². The lowest BCUT2D eigenvalue weighted by atomic mass is 10.3. The van der Waals surface area contributed by atoms with Gasteiger partial charge in [0, 0.05) is 13.0 Å². The molecule has 0 fully saturated rings. The summed E-state index contributed by atoms with van der Waals surface area (Å²) < 4.78 is 42.6. The van der Waals surface area contributed by atoms with E-state index in [0.29, 0.717) is 0 Å². The maximum atomic E-state index is 9.75. The molecule has 0 aliphatic rings. The molecule has 0 aliphatic heterocycles. The number of halogens is 4. The fraction of sp³-hybridized carbons (Fsp3) is 0.222. The highest BCUT2D eigenvalue weighted by Gasteiger charge is 2.20. The van der Waals surface area contributed by atoms with E-state index in [9.17, 15) is 17.3 Å². The van der Waals surface area contributed by atoms with Crippen molar-refractivity contribution in [3.8, 4) is 0 Å². The summed E-state index contributed by atoms with van der Waals surface area (Å²) in [4.78, 5) is 0. The second-order valence-corrected chi connectivity index (χ2v) is 4.38. The van der Waals surface area contributed by atoms with Gasteiger partial charge >= 0.3 is 7.25 Å². The minimum atomic E-state index is -6.00. The largest absolute Gasteiger partial charge is 0.673 e. The zero-order chi connectivity index (χ0) is 12.3. The summed E-state index contributed by atoms with van der Waals surface area (Å²) in [6.07, 6.45) is 0. The van der Waals surface area contributed by atoms with Crippen molar-refractivity contribution in [1.29, 1.82) is 0 Å². The van der Waals surface area contributed by atoms with Crippen LogP contribution in [0.3, 0.4) is 0 Å². The molecule has 2 rings (SSSR count). The lowest BCUT2D eigenvalue weighted by molar-refractivity contribution is -0.646. The molecule has 0 bridgehead atoms. The lowest BCUT2D eigenvalue weighted by Crippen LogP contribution is -2.28. The first kappa shape index (κ1) is 13.0. The summed E-state index contributed by atoms with van der Waals surface area (Å²) in [6, 6.07) is 8.47. The van der Waals surface area contributed by atoms with E-state index in [-0.39, 0.29) is 0 Å². The Morgan fingerprint density at radius 3 is 2.12 bits per heavy atom. The third-order valence-electron chi connectivity index (χ3n) is 1.96. The molecule has 0 unspecified atom stereocenters. The predicted molar refractivity (Wildman–Crippen MR) is 57.9 cm³/mol. The van der Waals surface area contributed by atoms with Crippen molar-refractivity contribution in [1.82, 2.24) is 0 Å². The Bertz CT molecular complexity index is 474. The highest BCUT2D eigenvalue weighted by molar-refractivity contribution is 7.18. The van der Waals surface area contributed by atoms with E-state index in [1.807, 2.05) is 11.3 Å². The average molecular weight is 251 g/mol. The Morgan fingerprint density at radius 1 is 1.12 bits per heavy atom. The van der Waals surface area contributed by atoms with Gasteiger partial charge in [-0.3, -0.25) is 0 Å². The molecule has 1 aromatic heterocycles. The standard InChI is InChI=1S/C9H10NS.BF4/c1-7-10(2)8-5-3-4-6-9(8)11-7;2-1(3,4)5/h3-6H,1-2H3;/q+1;-1. The normalized spacial score (nSPS) is 11.1. The topological polar surface area (TPSA) is 3.88 Å². The summed E-state index contributed by atoms with van der Waals surface area (Å²) in [5, 5.41) is 1.35. The summed E-state index contributed by atoms with van der Waals surface area (Å²) in [6.45, 7) is 2.14. The fourth-order valence-corrected chi connectivity index (χ4v) is 2.23. The minimum Gasteiger partial charge on any atom is -0.418 e. The zero-order valence-corrected chi connectivity index (χ0v) is 9.57. The van der Waals surface area contributed by atoms with Gasteiger partial charge < -0.3 is 17.3 Å². The number of para-hydroxylation sites is 1. The van der Waals surface area contributed by atoms with E-state index >= 15 is 0 Å². The summed E-state index contributed by atoms with van der Waals surface area (Å²) in [5.41, 5.74) is 1.33. The number of fused-ring (bicyclic) bond motifs is 1. The molecule has 1 heterocycles. The molecule has 0 amide bonds. The van der Waals surface area contributed by atoms with Crippen molar-refractivity contribution in [2.75, 3.05) is 0 Å². The molecule has 0 radical (unpaired) electrons. The van der Waals surface area contributed by atoms with Crippen LogP contribution in [0.5, 0.6) is 0 Å². The molecule has 7 heteroatoms. The number of hydrogen-bond acceptors (Lipinski definition) is 1. The van der Waals surface area contributed by atoms with Crippen molar-refractivity contribution in [2.24, 2.45) is 7.05 Å². The van der Waals surface area contributed by atoms with E-state index in [4.69, 9.17) is 0 Å². The van der Waals surface area contributed by atoms with E-state index in [2.05, 4.69) is 42.8 Å². The molecular formula is C9H10BF4NS. The van der Waals surface area contributed by atoms with E-state index in [1.54, 1.807) is 0 Å². The maximum absolute atomic E-state index is 9.75. The van der Waals surface area contributed by atoms with Crippen LogP contribution >= 0.6 is 11.3 Å². The van der Waals surface area contributed by atoms with Crippen LogP contribution in [0.15, 0.2) is 24.3 Å². The molecule has 0 aliphatic carbocycles. The third-order valence-corrected chi connectivity index (χ3v) is 3.09. The van der Waals surface area contributed by atoms with E-state index < -0.39 is 7.25 Å². The third kappa shape index (κ3) is 3.81. The van der Waals surface area contributed by atoms with Crippen LogP contribution in [0.4, 0.5) is 17.3 Å². The molecule has 0 atom stereocenters. The van der Waals surface area contributed by atoms with Gasteiger partial charge in [0.05, 0.1) is 0 Å². The van der Waals surface area contributed by atoms with Gasteiger partial charge in [0.15, 0.2) is 0 Å². The Balaban J connectivity index is 0.000000221. The number of hydrogen-bond donors (Lipinski definition) is 0. The average Bonchev–Trinajstić information content (AvgIpc) is 2.41. The fourth-order valence-electron chi connectivity index (χ4n) is 1.22. The van der Waals surface area contributed by atoms with E-state index in [1.165, 1.54) is 15.2 Å². The van der Waals surface area contributed by atoms with Gasteiger partial charge in [-0.25, -0.2) is 0 Å². The van der Waals surface area contributed by atoms with Crippen LogP contribution in [0.25, 0.3) is 10.2 Å². The summed E-state index contributed by atoms with van der Waals surface area (Å²) >= 11 is 1.84. The Labute approximate surface area is 94.4 Å². The van der Waals surface area contributed by atoms with Crippen LogP contribution in [0.2, 0.25) is 0 Å². The van der Waals surface area contributed by atoms with Gasteiger partial charge in [0.2, 0.25) is 10.5 Å². The van der Waals surface area contributed by atoms with Gasteiger partial charge in [-0.15, -0.1) is 0 Å². The molecule has 2 aromatic rings. The molecule has 0 N–H and O–H groups in total. The van der Waals surface area contributed by atoms with Gasteiger partial charge in [0.1, 0.15) is 11.7 Å². The molecular weight excluding hydrogens is 241 g/mol. The first-order valence-electron chi connectivity index (χ1n) is 4.50. The number of rotatable bonds is 0. The van der Waals surface area contributed by atoms with E-state index in [0.717, 1.165) is 0 Å². The summed E-state index contributed by atoms with van der Waals surface area (Å²) in [7, 11) is -3.89. The van der Waals surface area contributed by atoms with Crippen molar-refractivity contribution < 1.29 is 21.8 Å². The number of nitrogens with zero attached hydrogens (tertiary/aromatic N) is 1. The first-order valence-corrected chi connectivity index (χ1v) is 5.32. The molecule has 0 saturated heterocycles. The second-order valence-electron chi connectivity index (χ2n) is 3.14. The van der Waals surface area contributed by atoms with Gasteiger partial charge in [-0.1, -0.05) is 23.5 Å². The van der Waals surface area contributed by atoms with Crippen LogP contribution in [-0.2, 0) is 7.05 Å². The Kier molecular flexibility index (Phi) is 3.90. The number of aromatic nitrogens is 1. The van der Waals surface area contributed by atoms with Crippen LogP contribution < -0.4 is 4.57 Å². The highest BCUT2D eigenvalue weighted by Crippen LogP contribution is 2.17. The lowest BCUT2D eigenvalue weighted by Gasteiger charge is -1.94. The van der Waals surface area contributed by atoms with Crippen molar-refractivity contribution in [3.63, 3.8) is 0 Å². The molecule has 88 valence electrons. The molecule has 1 nitrogen and oxygen atoms in total. The zero-order valence-electron chi connectivity index (χ0n) is 8.75. The van der Waals surface area contributed by atoms with Gasteiger partial charge in [-0.2, -0.15) is 4.57 Å². The highest BCUT2D eigenvalue weighted by atomic mass is 32.1. The van der Waals surface area contributed by atoms with Crippen LogP contribution in [0, 0.1) is 6.92 Å². The van der Waals surface area contributed by atoms with Crippen molar-refractivity contribution >= 4 is 28.8 Å². The maximum Gasteiger partial charge on any atom is 0.673 e. The molecule has 1 aromatic carbocycles. The first-order chi connectivity index (χ1) is 7.29. The predicted octanol–water partition coefficient (Wildman–Crippen LogP) is 3.33. The SMILES string of the molecule is Cc1sc2ccccc2[n+]1C.F[B-](F)(F)F. The minimum absolute atomic E-state index is 1.33. The van der Waals surface area contributed by atoms with Crippen molar-refractivity contribution in [2.45, 2.75) is 6.92 Å². The van der Waals surface area contributed by atoms with Gasteiger partial charge in [-0.05, 0) is 6.07 Å². The van der Waals surface area contributed by atoms with Crippen LogP contribution in [-0.4, -0.2) is 7.25 Å².